The normalized spacial score (nSPS) is 12.0. The smallest absolute Gasteiger partial charge is 0.260 e. The summed E-state index contributed by atoms with van der Waals surface area (Å²) in [6, 6.07) is 8.54. The molecule has 3 rings (SSSR count). The zero-order valence-corrected chi connectivity index (χ0v) is 15.5. The molecule has 0 radical (unpaired) electrons. The van der Waals surface area contributed by atoms with E-state index in [0.717, 1.165) is 11.3 Å². The first-order chi connectivity index (χ1) is 12.5. The molecule has 0 saturated carbocycles. The van der Waals surface area contributed by atoms with Crippen molar-refractivity contribution in [2.24, 2.45) is 0 Å². The lowest BCUT2D eigenvalue weighted by Gasteiger charge is -2.15. The van der Waals surface area contributed by atoms with Crippen LogP contribution in [0.3, 0.4) is 0 Å². The Labute approximate surface area is 160 Å². The number of carbonyl (C=O) groups excluding carboxylic acids is 1. The number of hydrogen-bond acceptors (Lipinski definition) is 4. The van der Waals surface area contributed by atoms with E-state index in [9.17, 15) is 4.79 Å². The summed E-state index contributed by atoms with van der Waals surface area (Å²) in [6.07, 6.45) is 4.50. The monoisotopic (exact) mass is 393 g/mol. The van der Waals surface area contributed by atoms with Gasteiger partial charge in [0.15, 0.2) is 6.10 Å². The van der Waals surface area contributed by atoms with Gasteiger partial charge in [0.2, 0.25) is 0 Å². The van der Waals surface area contributed by atoms with Gasteiger partial charge in [-0.3, -0.25) is 9.48 Å². The van der Waals surface area contributed by atoms with E-state index in [1.54, 1.807) is 42.3 Å². The van der Waals surface area contributed by atoms with E-state index in [1.807, 2.05) is 18.3 Å². The van der Waals surface area contributed by atoms with Crippen LogP contribution in [-0.4, -0.2) is 28.3 Å². The Morgan fingerprint density at radius 2 is 2.23 bits per heavy atom. The molecule has 0 aliphatic rings. The van der Waals surface area contributed by atoms with Gasteiger partial charge >= 0.3 is 0 Å². The molecule has 2 aromatic heterocycles. The summed E-state index contributed by atoms with van der Waals surface area (Å²) in [6.45, 7) is 2.60. The molecular formula is C18H17Cl2N3O3. The fourth-order valence-corrected chi connectivity index (χ4v) is 2.76. The number of rotatable bonds is 7. The summed E-state index contributed by atoms with van der Waals surface area (Å²) in [4.78, 5) is 12.2. The topological polar surface area (TPSA) is 69.3 Å². The van der Waals surface area contributed by atoms with Crippen molar-refractivity contribution in [3.05, 3.63) is 59.0 Å². The van der Waals surface area contributed by atoms with Gasteiger partial charge in [-0.05, 0) is 37.3 Å². The van der Waals surface area contributed by atoms with E-state index >= 15 is 0 Å². The van der Waals surface area contributed by atoms with E-state index in [0.29, 0.717) is 28.9 Å². The highest BCUT2D eigenvalue weighted by molar-refractivity contribution is 6.35. The molecule has 1 N–H and O–H groups in total. The number of aromatic nitrogens is 2. The lowest BCUT2D eigenvalue weighted by molar-refractivity contribution is -0.127. The number of benzene rings is 1. The van der Waals surface area contributed by atoms with E-state index in [2.05, 4.69) is 10.4 Å². The van der Waals surface area contributed by atoms with Crippen LogP contribution in [0.4, 0.5) is 0 Å². The predicted octanol–water partition coefficient (Wildman–Crippen LogP) is 4.03. The van der Waals surface area contributed by atoms with Crippen LogP contribution < -0.4 is 10.1 Å². The van der Waals surface area contributed by atoms with Gasteiger partial charge in [-0.15, -0.1) is 0 Å². The fraction of sp³-hybridized carbons (Fsp3) is 0.222. The molecule has 1 amide bonds. The zero-order valence-electron chi connectivity index (χ0n) is 14.0. The highest BCUT2D eigenvalue weighted by Crippen LogP contribution is 2.28. The lowest BCUT2D eigenvalue weighted by Crippen LogP contribution is -2.38. The van der Waals surface area contributed by atoms with Crippen LogP contribution in [0.15, 0.2) is 53.4 Å². The highest BCUT2D eigenvalue weighted by atomic mass is 35.5. The third kappa shape index (κ3) is 4.59. The lowest BCUT2D eigenvalue weighted by atomic mass is 10.3. The van der Waals surface area contributed by atoms with Crippen LogP contribution in [0, 0.1) is 0 Å². The molecule has 26 heavy (non-hydrogen) atoms. The van der Waals surface area contributed by atoms with E-state index in [4.69, 9.17) is 32.4 Å². The van der Waals surface area contributed by atoms with E-state index < -0.39 is 6.10 Å². The molecule has 0 aliphatic heterocycles. The summed E-state index contributed by atoms with van der Waals surface area (Å²) in [7, 11) is 0. The Hall–Kier alpha value is -2.44. The Balaban J connectivity index is 1.47. The molecule has 0 unspecified atom stereocenters. The van der Waals surface area contributed by atoms with Gasteiger partial charge in [-0.1, -0.05) is 23.2 Å². The summed E-state index contributed by atoms with van der Waals surface area (Å²) < 4.78 is 12.6. The molecule has 2 heterocycles. The standard InChI is InChI=1S/C18H17Cl2N3O3/c1-12(26-17-5-4-14(19)9-15(17)20)18(24)21-6-7-23-11-13(10-22-23)16-3-2-8-25-16/h2-5,8-12H,6-7H2,1H3,(H,21,24)/t12-/m0/s1. The number of nitrogens with one attached hydrogen (secondary N) is 1. The zero-order chi connectivity index (χ0) is 18.5. The van der Waals surface area contributed by atoms with Crippen molar-refractivity contribution < 1.29 is 13.9 Å². The second kappa shape index (κ2) is 8.29. The SMILES string of the molecule is C[C@H](Oc1ccc(Cl)cc1Cl)C(=O)NCCn1cc(-c2ccco2)cn1. The van der Waals surface area contributed by atoms with Crippen LogP contribution >= 0.6 is 23.2 Å². The maximum absolute atomic E-state index is 12.2. The molecule has 3 aromatic rings. The van der Waals surface area contributed by atoms with Crippen molar-refractivity contribution in [2.75, 3.05) is 6.54 Å². The van der Waals surface area contributed by atoms with Crippen molar-refractivity contribution >= 4 is 29.1 Å². The van der Waals surface area contributed by atoms with Crippen molar-refractivity contribution in [3.8, 4) is 17.1 Å². The molecule has 0 bridgehead atoms. The molecule has 1 aromatic carbocycles. The number of amides is 1. The van der Waals surface area contributed by atoms with Crippen molar-refractivity contribution in [1.29, 1.82) is 0 Å². The average Bonchev–Trinajstić information content (AvgIpc) is 3.28. The number of furan rings is 1. The van der Waals surface area contributed by atoms with E-state index in [-0.39, 0.29) is 5.91 Å². The second-order valence-electron chi connectivity index (χ2n) is 5.60. The fourth-order valence-electron chi connectivity index (χ4n) is 2.31. The van der Waals surface area contributed by atoms with E-state index in [1.165, 1.54) is 0 Å². The van der Waals surface area contributed by atoms with Crippen molar-refractivity contribution in [3.63, 3.8) is 0 Å². The van der Waals surface area contributed by atoms with Gasteiger partial charge in [0, 0.05) is 17.8 Å². The van der Waals surface area contributed by atoms with Crippen LogP contribution in [0.2, 0.25) is 10.0 Å². The Morgan fingerprint density at radius 3 is 2.96 bits per heavy atom. The van der Waals surface area contributed by atoms with Crippen molar-refractivity contribution in [2.45, 2.75) is 19.6 Å². The van der Waals surface area contributed by atoms with Crippen molar-refractivity contribution in [1.82, 2.24) is 15.1 Å². The third-order valence-electron chi connectivity index (χ3n) is 3.65. The Bertz CT molecular complexity index is 878. The first-order valence-electron chi connectivity index (χ1n) is 7.98. The minimum atomic E-state index is -0.690. The summed E-state index contributed by atoms with van der Waals surface area (Å²) in [5.41, 5.74) is 0.885. The Morgan fingerprint density at radius 1 is 1.38 bits per heavy atom. The predicted molar refractivity (Wildman–Crippen MR) is 99.5 cm³/mol. The number of hydrogen-bond donors (Lipinski definition) is 1. The van der Waals surface area contributed by atoms with Gasteiger partial charge in [0.05, 0.1) is 29.6 Å². The number of halogens is 2. The van der Waals surface area contributed by atoms with Crippen LogP contribution in [0.25, 0.3) is 11.3 Å². The largest absolute Gasteiger partial charge is 0.479 e. The molecule has 0 fully saturated rings. The Kier molecular flexibility index (Phi) is 5.85. The minimum absolute atomic E-state index is 0.241. The highest BCUT2D eigenvalue weighted by Gasteiger charge is 2.16. The molecular weight excluding hydrogens is 377 g/mol. The second-order valence-corrected chi connectivity index (χ2v) is 6.44. The molecule has 0 spiro atoms. The summed E-state index contributed by atoms with van der Waals surface area (Å²) >= 11 is 11.9. The molecule has 136 valence electrons. The van der Waals surface area contributed by atoms with Crippen LogP contribution in [0.1, 0.15) is 6.92 Å². The van der Waals surface area contributed by atoms with Gasteiger partial charge in [-0.2, -0.15) is 5.10 Å². The van der Waals surface area contributed by atoms with Gasteiger partial charge < -0.3 is 14.5 Å². The first-order valence-corrected chi connectivity index (χ1v) is 8.74. The molecule has 0 saturated heterocycles. The quantitative estimate of drug-likeness (QED) is 0.657. The number of ether oxygens (including phenoxy) is 1. The first kappa shape index (κ1) is 18.4. The number of nitrogens with zero attached hydrogens (tertiary/aromatic N) is 2. The van der Waals surface area contributed by atoms with Crippen LogP contribution in [0.5, 0.6) is 5.75 Å². The maximum atomic E-state index is 12.2. The average molecular weight is 394 g/mol. The third-order valence-corrected chi connectivity index (χ3v) is 4.18. The van der Waals surface area contributed by atoms with Gasteiger partial charge in [-0.25, -0.2) is 0 Å². The van der Waals surface area contributed by atoms with Crippen LogP contribution in [-0.2, 0) is 11.3 Å². The molecule has 6 nitrogen and oxygen atoms in total. The van der Waals surface area contributed by atoms with Gasteiger partial charge in [0.1, 0.15) is 11.5 Å². The maximum Gasteiger partial charge on any atom is 0.260 e. The molecule has 8 heteroatoms. The minimum Gasteiger partial charge on any atom is -0.479 e. The van der Waals surface area contributed by atoms with Gasteiger partial charge in [0.25, 0.3) is 5.91 Å². The number of carbonyl (C=O) groups is 1. The summed E-state index contributed by atoms with van der Waals surface area (Å²) in [5.74, 6) is 0.922. The molecule has 0 aliphatic carbocycles. The molecule has 1 atom stereocenters. The summed E-state index contributed by atoms with van der Waals surface area (Å²) in [5, 5.41) is 7.92.